The van der Waals surface area contributed by atoms with Crippen molar-refractivity contribution in [2.75, 3.05) is 0 Å². The molecule has 0 amide bonds. The molecule has 0 atom stereocenters. The van der Waals surface area contributed by atoms with E-state index < -0.39 is 0 Å². The van der Waals surface area contributed by atoms with E-state index in [9.17, 15) is 0 Å². The fraction of sp³-hybridized carbons (Fsp3) is 0. The zero-order valence-electron chi connectivity index (χ0n) is 10.1. The molecule has 3 nitrogen and oxygen atoms in total. The normalized spacial score (nSPS) is 11.8. The van der Waals surface area contributed by atoms with E-state index in [2.05, 4.69) is 26.1 Å². The number of benzene rings is 1. The highest BCUT2D eigenvalue weighted by Gasteiger charge is 2.11. The first-order valence-electron chi connectivity index (χ1n) is 5.74. The Labute approximate surface area is 133 Å². The summed E-state index contributed by atoms with van der Waals surface area (Å²) in [6.45, 7) is 0. The van der Waals surface area contributed by atoms with Crippen LogP contribution in [0.15, 0.2) is 50.7 Å². The van der Waals surface area contributed by atoms with Gasteiger partial charge >= 0.3 is 0 Å². The molecule has 2 heterocycles. The molecule has 0 aliphatic rings. The van der Waals surface area contributed by atoms with Gasteiger partial charge in [-0.05, 0) is 46.3 Å². The SMILES string of the molecule is Cl/C(=C\c1ccc(Br)s1)c1nnc(-c2ccccc2)o1. The minimum atomic E-state index is 0.315. The van der Waals surface area contributed by atoms with E-state index in [4.69, 9.17) is 16.0 Å². The minimum absolute atomic E-state index is 0.315. The lowest BCUT2D eigenvalue weighted by molar-refractivity contribution is 0.556. The van der Waals surface area contributed by atoms with Gasteiger partial charge in [-0.3, -0.25) is 0 Å². The lowest BCUT2D eigenvalue weighted by Crippen LogP contribution is -1.76. The third-order valence-corrected chi connectivity index (χ3v) is 4.35. The predicted octanol–water partition coefficient (Wildman–Crippen LogP) is 5.30. The standard InChI is InChI=1S/C14H8BrClN2OS/c15-12-7-6-10(20-12)8-11(16)14-18-17-13(19-14)9-4-2-1-3-5-9/h1-8H/b11-8-. The van der Waals surface area contributed by atoms with E-state index in [1.54, 1.807) is 17.4 Å². The van der Waals surface area contributed by atoms with Crippen LogP contribution >= 0.6 is 38.9 Å². The molecule has 2 aromatic heterocycles. The smallest absolute Gasteiger partial charge is 0.259 e. The minimum Gasteiger partial charge on any atom is -0.415 e. The average Bonchev–Trinajstić information content (AvgIpc) is 3.09. The second-order valence-corrected chi connectivity index (χ2v) is 6.81. The Morgan fingerprint density at radius 2 is 1.95 bits per heavy atom. The number of rotatable bonds is 3. The average molecular weight is 368 g/mol. The van der Waals surface area contributed by atoms with Crippen molar-refractivity contribution in [2.24, 2.45) is 0 Å². The lowest BCUT2D eigenvalue weighted by Gasteiger charge is -1.92. The van der Waals surface area contributed by atoms with Crippen molar-refractivity contribution >= 4 is 50.0 Å². The molecule has 0 saturated carbocycles. The summed E-state index contributed by atoms with van der Waals surface area (Å²) in [5, 5.41) is 8.40. The fourth-order valence-corrected chi connectivity index (χ4v) is 3.24. The van der Waals surface area contributed by atoms with Crippen molar-refractivity contribution in [1.82, 2.24) is 10.2 Å². The molecule has 0 N–H and O–H groups in total. The number of thiophene rings is 1. The van der Waals surface area contributed by atoms with E-state index in [0.717, 1.165) is 14.2 Å². The van der Waals surface area contributed by atoms with Crippen molar-refractivity contribution in [3.63, 3.8) is 0 Å². The summed E-state index contributed by atoms with van der Waals surface area (Å²) in [7, 11) is 0. The summed E-state index contributed by atoms with van der Waals surface area (Å²) in [4.78, 5) is 1.02. The largest absolute Gasteiger partial charge is 0.415 e. The molecule has 6 heteroatoms. The molecule has 0 fully saturated rings. The van der Waals surface area contributed by atoms with Crippen LogP contribution in [0.5, 0.6) is 0 Å². The van der Waals surface area contributed by atoms with Gasteiger partial charge in [-0.1, -0.05) is 29.8 Å². The molecule has 0 aliphatic carbocycles. The van der Waals surface area contributed by atoms with Crippen LogP contribution in [-0.2, 0) is 0 Å². The van der Waals surface area contributed by atoms with E-state index in [1.807, 2.05) is 42.5 Å². The first-order valence-corrected chi connectivity index (χ1v) is 7.73. The molecule has 3 rings (SSSR count). The van der Waals surface area contributed by atoms with Crippen molar-refractivity contribution in [3.8, 4) is 11.5 Å². The summed E-state index contributed by atoms with van der Waals surface area (Å²) in [6.07, 6.45) is 1.80. The number of nitrogens with zero attached hydrogens (tertiary/aromatic N) is 2. The molecule has 20 heavy (non-hydrogen) atoms. The van der Waals surface area contributed by atoms with Crippen LogP contribution < -0.4 is 0 Å². The second-order valence-electron chi connectivity index (χ2n) is 3.91. The lowest BCUT2D eigenvalue weighted by atomic mass is 10.2. The van der Waals surface area contributed by atoms with E-state index in [-0.39, 0.29) is 0 Å². The van der Waals surface area contributed by atoms with Crippen LogP contribution in [0.4, 0.5) is 0 Å². The summed E-state index contributed by atoms with van der Waals surface area (Å²) < 4.78 is 6.63. The van der Waals surface area contributed by atoms with Gasteiger partial charge in [0.05, 0.1) is 3.79 Å². The fourth-order valence-electron chi connectivity index (χ4n) is 1.61. The van der Waals surface area contributed by atoms with Gasteiger partial charge in [0, 0.05) is 10.4 Å². The van der Waals surface area contributed by atoms with Crippen LogP contribution in [-0.4, -0.2) is 10.2 Å². The van der Waals surface area contributed by atoms with Crippen LogP contribution in [0.25, 0.3) is 22.6 Å². The van der Waals surface area contributed by atoms with Gasteiger partial charge in [0.25, 0.3) is 5.89 Å². The monoisotopic (exact) mass is 366 g/mol. The quantitative estimate of drug-likeness (QED) is 0.630. The van der Waals surface area contributed by atoms with Crippen LogP contribution in [0.3, 0.4) is 0 Å². The highest BCUT2D eigenvalue weighted by Crippen LogP contribution is 2.29. The Balaban J connectivity index is 1.88. The molecule has 0 radical (unpaired) electrons. The van der Waals surface area contributed by atoms with Crippen molar-refractivity contribution in [3.05, 3.63) is 57.0 Å². The maximum absolute atomic E-state index is 6.21. The molecule has 3 aromatic rings. The molecule has 0 saturated heterocycles. The predicted molar refractivity (Wildman–Crippen MR) is 85.5 cm³/mol. The Morgan fingerprint density at radius 3 is 2.65 bits per heavy atom. The number of halogens is 2. The third kappa shape index (κ3) is 3.00. The van der Waals surface area contributed by atoms with Gasteiger partial charge in [0.15, 0.2) is 0 Å². The Hall–Kier alpha value is -1.43. The van der Waals surface area contributed by atoms with Crippen molar-refractivity contribution in [2.45, 2.75) is 0 Å². The molecular formula is C14H8BrClN2OS. The van der Waals surface area contributed by atoms with Crippen molar-refractivity contribution < 1.29 is 4.42 Å². The summed E-state index contributed by atoms with van der Waals surface area (Å²) in [6, 6.07) is 13.5. The zero-order chi connectivity index (χ0) is 13.9. The van der Waals surface area contributed by atoms with E-state index in [1.165, 1.54) is 0 Å². The zero-order valence-corrected chi connectivity index (χ0v) is 13.2. The van der Waals surface area contributed by atoms with E-state index >= 15 is 0 Å². The number of hydrogen-bond acceptors (Lipinski definition) is 4. The highest BCUT2D eigenvalue weighted by molar-refractivity contribution is 9.11. The molecule has 0 bridgehead atoms. The Bertz CT molecular complexity index is 751. The van der Waals surface area contributed by atoms with Crippen LogP contribution in [0.1, 0.15) is 10.8 Å². The molecule has 0 aliphatic heterocycles. The number of hydrogen-bond donors (Lipinski definition) is 0. The van der Waals surface area contributed by atoms with Gasteiger partial charge in [0.1, 0.15) is 5.03 Å². The van der Waals surface area contributed by atoms with Crippen LogP contribution in [0, 0.1) is 0 Å². The molecule has 100 valence electrons. The summed E-state index contributed by atoms with van der Waals surface area (Å²) >= 11 is 11.2. The maximum Gasteiger partial charge on any atom is 0.259 e. The van der Waals surface area contributed by atoms with Gasteiger partial charge in [0.2, 0.25) is 5.89 Å². The first kappa shape index (κ1) is 13.5. The van der Waals surface area contributed by atoms with Crippen molar-refractivity contribution in [1.29, 1.82) is 0 Å². The van der Waals surface area contributed by atoms with Crippen LogP contribution in [0.2, 0.25) is 0 Å². The van der Waals surface area contributed by atoms with Gasteiger partial charge < -0.3 is 4.42 Å². The highest BCUT2D eigenvalue weighted by atomic mass is 79.9. The molecule has 0 unspecified atom stereocenters. The first-order chi connectivity index (χ1) is 9.72. The topological polar surface area (TPSA) is 38.9 Å². The van der Waals surface area contributed by atoms with Gasteiger partial charge in [-0.15, -0.1) is 21.5 Å². The third-order valence-electron chi connectivity index (χ3n) is 2.51. The maximum atomic E-state index is 6.21. The number of aromatic nitrogens is 2. The van der Waals surface area contributed by atoms with Gasteiger partial charge in [-0.25, -0.2) is 0 Å². The molecule has 1 aromatic carbocycles. The second kappa shape index (κ2) is 5.91. The summed E-state index contributed by atoms with van der Waals surface area (Å²) in [5.41, 5.74) is 0.870. The molecular weight excluding hydrogens is 360 g/mol. The molecule has 0 spiro atoms. The Kier molecular flexibility index (Phi) is 4.00. The van der Waals surface area contributed by atoms with E-state index in [0.29, 0.717) is 16.8 Å². The van der Waals surface area contributed by atoms with Gasteiger partial charge in [-0.2, -0.15) is 0 Å². The summed E-state index contributed by atoms with van der Waals surface area (Å²) in [5.74, 6) is 0.773. The Morgan fingerprint density at radius 1 is 1.15 bits per heavy atom.